The Kier molecular flexibility index (Phi) is 6.22. The van der Waals surface area contributed by atoms with Gasteiger partial charge in [0.25, 0.3) is 0 Å². The molecule has 0 bridgehead atoms. The summed E-state index contributed by atoms with van der Waals surface area (Å²) in [7, 11) is 1.38. The monoisotopic (exact) mass is 267 g/mol. The van der Waals surface area contributed by atoms with Crippen molar-refractivity contribution in [3.05, 3.63) is 35.9 Å². The summed E-state index contributed by atoms with van der Waals surface area (Å²) >= 11 is 1.81. The van der Waals surface area contributed by atoms with Crippen molar-refractivity contribution < 1.29 is 9.53 Å². The normalized spacial score (nSPS) is 13.9. The van der Waals surface area contributed by atoms with Crippen molar-refractivity contribution in [3.8, 4) is 0 Å². The van der Waals surface area contributed by atoms with Crippen LogP contribution < -0.4 is 5.73 Å². The lowest BCUT2D eigenvalue weighted by molar-refractivity contribution is -0.147. The van der Waals surface area contributed by atoms with Crippen LogP contribution in [-0.4, -0.2) is 24.6 Å². The van der Waals surface area contributed by atoms with Crippen molar-refractivity contribution in [2.24, 2.45) is 5.73 Å². The number of carbonyl (C=O) groups excluding carboxylic acids is 1. The van der Waals surface area contributed by atoms with Crippen LogP contribution in [0.5, 0.6) is 0 Å². The lowest BCUT2D eigenvalue weighted by Gasteiger charge is -2.26. The highest BCUT2D eigenvalue weighted by molar-refractivity contribution is 7.99. The Morgan fingerprint density at radius 1 is 1.33 bits per heavy atom. The molecule has 0 fully saturated rings. The maximum absolute atomic E-state index is 11.9. The van der Waals surface area contributed by atoms with Gasteiger partial charge in [-0.2, -0.15) is 11.8 Å². The van der Waals surface area contributed by atoms with Gasteiger partial charge in [0.1, 0.15) is 5.54 Å². The molecule has 4 heteroatoms. The molecule has 0 saturated carbocycles. The topological polar surface area (TPSA) is 52.3 Å². The van der Waals surface area contributed by atoms with Crippen molar-refractivity contribution in [1.29, 1.82) is 0 Å². The van der Waals surface area contributed by atoms with Gasteiger partial charge in [-0.25, -0.2) is 4.79 Å². The summed E-state index contributed by atoms with van der Waals surface area (Å²) in [6.45, 7) is 2.14. The maximum Gasteiger partial charge on any atom is 0.330 e. The quantitative estimate of drug-likeness (QED) is 0.609. The van der Waals surface area contributed by atoms with Crippen molar-refractivity contribution in [1.82, 2.24) is 0 Å². The molecular weight excluding hydrogens is 246 g/mol. The van der Waals surface area contributed by atoms with Crippen molar-refractivity contribution in [2.75, 3.05) is 18.6 Å². The molecule has 1 aromatic carbocycles. The van der Waals surface area contributed by atoms with E-state index in [-0.39, 0.29) is 5.97 Å². The highest BCUT2D eigenvalue weighted by Crippen LogP contribution is 2.25. The summed E-state index contributed by atoms with van der Waals surface area (Å²) in [5, 5.41) is 0. The van der Waals surface area contributed by atoms with Crippen LogP contribution in [0.3, 0.4) is 0 Å². The van der Waals surface area contributed by atoms with Crippen LogP contribution in [0.1, 0.15) is 25.3 Å². The Hall–Kier alpha value is -1.00. The fourth-order valence-electron chi connectivity index (χ4n) is 1.76. The summed E-state index contributed by atoms with van der Waals surface area (Å²) in [6, 6.07) is 9.44. The largest absolute Gasteiger partial charge is 0.467 e. The second-order valence-electron chi connectivity index (χ2n) is 4.19. The summed E-state index contributed by atoms with van der Waals surface area (Å²) in [5.74, 6) is 1.58. The molecule has 0 amide bonds. The van der Waals surface area contributed by atoms with E-state index in [1.807, 2.05) is 42.1 Å². The van der Waals surface area contributed by atoms with E-state index >= 15 is 0 Å². The number of hydrogen-bond donors (Lipinski definition) is 1. The number of ether oxygens (including phenoxy) is 1. The molecule has 100 valence electrons. The minimum Gasteiger partial charge on any atom is -0.467 e. The van der Waals surface area contributed by atoms with Gasteiger partial charge in [-0.3, -0.25) is 0 Å². The molecule has 0 spiro atoms. The third-order valence-corrected chi connectivity index (χ3v) is 4.02. The van der Waals surface area contributed by atoms with E-state index in [0.717, 1.165) is 23.5 Å². The van der Waals surface area contributed by atoms with Crippen LogP contribution in [0, 0.1) is 0 Å². The van der Waals surface area contributed by atoms with Gasteiger partial charge in [-0.15, -0.1) is 0 Å². The predicted octanol–water partition coefficient (Wildman–Crippen LogP) is 2.55. The Bertz CT molecular complexity index is 369. The van der Waals surface area contributed by atoms with Gasteiger partial charge in [0.15, 0.2) is 0 Å². The first-order chi connectivity index (χ1) is 8.65. The molecule has 3 nitrogen and oxygen atoms in total. The minimum atomic E-state index is -1.03. The second kappa shape index (κ2) is 7.44. The standard InChI is InChI=1S/C14H21NO2S/c1-3-10-18-11-9-14(15,13(16)17-2)12-7-5-4-6-8-12/h4-8H,3,9-11,15H2,1-2H3. The predicted molar refractivity (Wildman–Crippen MR) is 76.6 cm³/mol. The smallest absolute Gasteiger partial charge is 0.330 e. The van der Waals surface area contributed by atoms with Crippen LogP contribution in [0.15, 0.2) is 30.3 Å². The van der Waals surface area contributed by atoms with Crippen LogP contribution in [0.4, 0.5) is 0 Å². The van der Waals surface area contributed by atoms with Crippen molar-refractivity contribution in [2.45, 2.75) is 25.3 Å². The summed E-state index contributed by atoms with van der Waals surface area (Å²) in [4.78, 5) is 11.9. The Labute approximate surface area is 113 Å². The molecule has 0 aliphatic rings. The number of esters is 1. The molecule has 0 saturated heterocycles. The molecule has 1 aromatic rings. The number of methoxy groups -OCH3 is 1. The molecule has 2 N–H and O–H groups in total. The van der Waals surface area contributed by atoms with Gasteiger partial charge in [-0.1, -0.05) is 37.3 Å². The van der Waals surface area contributed by atoms with Gasteiger partial charge in [-0.05, 0) is 29.9 Å². The van der Waals surface area contributed by atoms with E-state index in [0.29, 0.717) is 6.42 Å². The molecule has 0 radical (unpaired) electrons. The fraction of sp³-hybridized carbons (Fsp3) is 0.500. The first-order valence-corrected chi connectivity index (χ1v) is 7.31. The molecule has 18 heavy (non-hydrogen) atoms. The Balaban J connectivity index is 2.79. The first kappa shape index (κ1) is 15.1. The molecule has 0 aliphatic carbocycles. The summed E-state index contributed by atoms with van der Waals surface area (Å²) in [5.41, 5.74) is 6.05. The number of benzene rings is 1. The van der Waals surface area contributed by atoms with Gasteiger partial charge in [0.05, 0.1) is 7.11 Å². The van der Waals surface area contributed by atoms with Crippen molar-refractivity contribution in [3.63, 3.8) is 0 Å². The average molecular weight is 267 g/mol. The lowest BCUT2D eigenvalue weighted by atomic mass is 9.88. The fourth-order valence-corrected chi connectivity index (χ4v) is 2.72. The van der Waals surface area contributed by atoms with E-state index in [2.05, 4.69) is 6.92 Å². The molecule has 0 heterocycles. The second-order valence-corrected chi connectivity index (χ2v) is 5.42. The van der Waals surface area contributed by atoms with Crippen LogP contribution >= 0.6 is 11.8 Å². The number of hydrogen-bond acceptors (Lipinski definition) is 4. The third-order valence-electron chi connectivity index (χ3n) is 2.83. The van der Waals surface area contributed by atoms with E-state index < -0.39 is 5.54 Å². The number of nitrogens with two attached hydrogens (primary N) is 1. The van der Waals surface area contributed by atoms with Gasteiger partial charge >= 0.3 is 5.97 Å². The first-order valence-electron chi connectivity index (χ1n) is 6.15. The van der Waals surface area contributed by atoms with Crippen molar-refractivity contribution >= 4 is 17.7 Å². The molecule has 1 atom stereocenters. The molecule has 0 aliphatic heterocycles. The highest BCUT2D eigenvalue weighted by atomic mass is 32.2. The Morgan fingerprint density at radius 2 is 2.00 bits per heavy atom. The van der Waals surface area contributed by atoms with E-state index in [1.165, 1.54) is 7.11 Å². The highest BCUT2D eigenvalue weighted by Gasteiger charge is 2.36. The van der Waals surface area contributed by atoms with Gasteiger partial charge < -0.3 is 10.5 Å². The average Bonchev–Trinajstić information content (AvgIpc) is 2.43. The van der Waals surface area contributed by atoms with Gasteiger partial charge in [0, 0.05) is 0 Å². The van der Waals surface area contributed by atoms with Crippen LogP contribution in [0.2, 0.25) is 0 Å². The van der Waals surface area contributed by atoms with Crippen LogP contribution in [0.25, 0.3) is 0 Å². The lowest BCUT2D eigenvalue weighted by Crippen LogP contribution is -2.46. The zero-order valence-corrected chi connectivity index (χ0v) is 11.8. The molecule has 0 aromatic heterocycles. The number of thioether (sulfide) groups is 1. The zero-order valence-electron chi connectivity index (χ0n) is 11.0. The summed E-state index contributed by atoms with van der Waals surface area (Å²) < 4.78 is 4.85. The van der Waals surface area contributed by atoms with Gasteiger partial charge in [0.2, 0.25) is 0 Å². The number of carbonyl (C=O) groups is 1. The van der Waals surface area contributed by atoms with E-state index in [1.54, 1.807) is 0 Å². The maximum atomic E-state index is 11.9. The summed E-state index contributed by atoms with van der Waals surface area (Å²) in [6.07, 6.45) is 1.72. The molecular formula is C14H21NO2S. The van der Waals surface area contributed by atoms with E-state index in [9.17, 15) is 4.79 Å². The number of rotatable bonds is 7. The Morgan fingerprint density at radius 3 is 2.56 bits per heavy atom. The molecule has 1 rings (SSSR count). The van der Waals surface area contributed by atoms with E-state index in [4.69, 9.17) is 10.5 Å². The SMILES string of the molecule is CCCSCCC(N)(C(=O)OC)c1ccccc1. The zero-order chi connectivity index (χ0) is 13.4. The van der Waals surface area contributed by atoms with Crippen LogP contribution in [-0.2, 0) is 15.1 Å². The molecule has 1 unspecified atom stereocenters. The minimum absolute atomic E-state index is 0.370. The third kappa shape index (κ3) is 3.75.